The average molecular weight is 402 g/mol. The Labute approximate surface area is 169 Å². The van der Waals surface area contributed by atoms with Gasteiger partial charge in [-0.1, -0.05) is 6.92 Å². The molecule has 7 nitrogen and oxygen atoms in total. The van der Waals surface area contributed by atoms with Gasteiger partial charge >= 0.3 is 0 Å². The van der Waals surface area contributed by atoms with Crippen LogP contribution in [-0.4, -0.2) is 70.9 Å². The SMILES string of the molecule is CCCC(=O)N1CCCC(C(=O)N2CCN(c3ncnc4sccc34)CC2)C1. The summed E-state index contributed by atoms with van der Waals surface area (Å²) in [6.45, 7) is 6.35. The summed E-state index contributed by atoms with van der Waals surface area (Å²) in [6.07, 6.45) is 4.86. The van der Waals surface area contributed by atoms with Crippen molar-refractivity contribution in [2.45, 2.75) is 32.6 Å². The van der Waals surface area contributed by atoms with E-state index in [1.807, 2.05) is 22.1 Å². The van der Waals surface area contributed by atoms with Crippen molar-refractivity contribution in [3.8, 4) is 0 Å². The predicted molar refractivity (Wildman–Crippen MR) is 110 cm³/mol. The first-order valence-corrected chi connectivity index (χ1v) is 11.0. The molecule has 4 heterocycles. The van der Waals surface area contributed by atoms with Crippen LogP contribution < -0.4 is 4.90 Å². The van der Waals surface area contributed by atoms with E-state index in [4.69, 9.17) is 0 Å². The Hall–Kier alpha value is -2.22. The van der Waals surface area contributed by atoms with Gasteiger partial charge in [-0.15, -0.1) is 11.3 Å². The van der Waals surface area contributed by atoms with Crippen molar-refractivity contribution in [2.75, 3.05) is 44.2 Å². The summed E-state index contributed by atoms with van der Waals surface area (Å²) in [6, 6.07) is 2.07. The Morgan fingerprint density at radius 1 is 1.14 bits per heavy atom. The lowest BCUT2D eigenvalue weighted by Crippen LogP contribution is -2.53. The van der Waals surface area contributed by atoms with E-state index in [1.165, 1.54) is 0 Å². The number of aromatic nitrogens is 2. The first kappa shape index (κ1) is 19.1. The van der Waals surface area contributed by atoms with E-state index in [-0.39, 0.29) is 17.7 Å². The molecular formula is C20H27N5O2S. The van der Waals surface area contributed by atoms with Gasteiger partial charge in [0.1, 0.15) is 17.0 Å². The molecule has 1 unspecified atom stereocenters. The lowest BCUT2D eigenvalue weighted by atomic mass is 9.95. The van der Waals surface area contributed by atoms with Crippen LogP contribution in [0.1, 0.15) is 32.6 Å². The molecule has 2 saturated heterocycles. The summed E-state index contributed by atoms with van der Waals surface area (Å²) in [4.78, 5) is 41.2. The molecule has 0 bridgehead atoms. The lowest BCUT2D eigenvalue weighted by Gasteiger charge is -2.39. The number of likely N-dealkylation sites (tertiary alicyclic amines) is 1. The molecule has 0 N–H and O–H groups in total. The molecule has 4 rings (SSSR count). The van der Waals surface area contributed by atoms with Gasteiger partial charge in [0, 0.05) is 45.7 Å². The minimum absolute atomic E-state index is 0.0521. The third kappa shape index (κ3) is 3.83. The standard InChI is InChI=1S/C20H27N5O2S/c1-2-4-17(26)25-7-3-5-15(13-25)20(27)24-10-8-23(9-11-24)18-16-6-12-28-19(16)22-14-21-18/h6,12,14-15H,2-5,7-11,13H2,1H3. The molecule has 2 aromatic heterocycles. The van der Waals surface area contributed by atoms with Crippen LogP contribution in [0.15, 0.2) is 17.8 Å². The fraction of sp³-hybridized carbons (Fsp3) is 0.600. The van der Waals surface area contributed by atoms with Crippen LogP contribution in [0, 0.1) is 5.92 Å². The van der Waals surface area contributed by atoms with Crippen LogP contribution in [0.4, 0.5) is 5.82 Å². The molecular weight excluding hydrogens is 374 g/mol. The van der Waals surface area contributed by atoms with Crippen molar-refractivity contribution in [3.05, 3.63) is 17.8 Å². The predicted octanol–water partition coefficient (Wildman–Crippen LogP) is 2.38. The molecule has 28 heavy (non-hydrogen) atoms. The Kier molecular flexibility index (Phi) is 5.75. The third-order valence-electron chi connectivity index (χ3n) is 5.72. The third-order valence-corrected chi connectivity index (χ3v) is 6.54. The van der Waals surface area contributed by atoms with Crippen LogP contribution in [0.5, 0.6) is 0 Å². The van der Waals surface area contributed by atoms with Crippen LogP contribution in [-0.2, 0) is 9.59 Å². The number of amides is 2. The largest absolute Gasteiger partial charge is 0.352 e. The highest BCUT2D eigenvalue weighted by atomic mass is 32.1. The van der Waals surface area contributed by atoms with E-state index in [9.17, 15) is 9.59 Å². The molecule has 2 amide bonds. The summed E-state index contributed by atoms with van der Waals surface area (Å²) in [7, 11) is 0. The van der Waals surface area contributed by atoms with E-state index >= 15 is 0 Å². The van der Waals surface area contributed by atoms with E-state index in [0.29, 0.717) is 26.1 Å². The van der Waals surface area contributed by atoms with E-state index in [0.717, 1.165) is 54.9 Å². The van der Waals surface area contributed by atoms with Gasteiger partial charge < -0.3 is 14.7 Å². The zero-order chi connectivity index (χ0) is 19.5. The Morgan fingerprint density at radius 2 is 1.96 bits per heavy atom. The van der Waals surface area contributed by atoms with E-state index < -0.39 is 0 Å². The summed E-state index contributed by atoms with van der Waals surface area (Å²) in [5.74, 6) is 1.31. The number of anilines is 1. The van der Waals surface area contributed by atoms with Crippen molar-refractivity contribution >= 4 is 39.2 Å². The van der Waals surface area contributed by atoms with Gasteiger partial charge in [0.25, 0.3) is 0 Å². The summed E-state index contributed by atoms with van der Waals surface area (Å²) < 4.78 is 0. The molecule has 2 aliphatic heterocycles. The minimum atomic E-state index is -0.0521. The van der Waals surface area contributed by atoms with E-state index in [2.05, 4.69) is 20.9 Å². The van der Waals surface area contributed by atoms with Crippen molar-refractivity contribution in [1.29, 1.82) is 0 Å². The van der Waals surface area contributed by atoms with Gasteiger partial charge in [-0.3, -0.25) is 9.59 Å². The highest BCUT2D eigenvalue weighted by molar-refractivity contribution is 7.16. The van der Waals surface area contributed by atoms with Gasteiger partial charge in [-0.05, 0) is 30.7 Å². The summed E-state index contributed by atoms with van der Waals surface area (Å²) >= 11 is 1.62. The molecule has 2 aromatic rings. The number of hydrogen-bond donors (Lipinski definition) is 0. The first-order chi connectivity index (χ1) is 13.7. The quantitative estimate of drug-likeness (QED) is 0.787. The number of rotatable bonds is 4. The average Bonchev–Trinajstić information content (AvgIpc) is 3.23. The second-order valence-corrected chi connectivity index (χ2v) is 8.47. The molecule has 0 spiro atoms. The van der Waals surface area contributed by atoms with Gasteiger partial charge in [0.05, 0.1) is 11.3 Å². The zero-order valence-electron chi connectivity index (χ0n) is 16.3. The summed E-state index contributed by atoms with van der Waals surface area (Å²) in [5, 5.41) is 3.13. The number of thiophene rings is 1. The number of nitrogens with zero attached hydrogens (tertiary/aromatic N) is 5. The van der Waals surface area contributed by atoms with Crippen molar-refractivity contribution in [3.63, 3.8) is 0 Å². The molecule has 1 atom stereocenters. The number of carbonyl (C=O) groups is 2. The molecule has 0 aromatic carbocycles. The van der Waals surface area contributed by atoms with Crippen molar-refractivity contribution in [2.24, 2.45) is 5.92 Å². The second kappa shape index (κ2) is 8.43. The second-order valence-electron chi connectivity index (χ2n) is 7.58. The summed E-state index contributed by atoms with van der Waals surface area (Å²) in [5.41, 5.74) is 0. The number of carbonyl (C=O) groups excluding carboxylic acids is 2. The number of piperidine rings is 1. The van der Waals surface area contributed by atoms with E-state index in [1.54, 1.807) is 17.7 Å². The number of piperazine rings is 1. The molecule has 8 heteroatoms. The maximum atomic E-state index is 13.0. The van der Waals surface area contributed by atoms with Gasteiger partial charge in [-0.25, -0.2) is 9.97 Å². The highest BCUT2D eigenvalue weighted by Gasteiger charge is 2.32. The first-order valence-electron chi connectivity index (χ1n) is 10.2. The lowest BCUT2D eigenvalue weighted by molar-refractivity contribution is -0.141. The van der Waals surface area contributed by atoms with Gasteiger partial charge in [0.15, 0.2) is 0 Å². The molecule has 150 valence electrons. The number of hydrogen-bond acceptors (Lipinski definition) is 6. The molecule has 0 radical (unpaired) electrons. The highest BCUT2D eigenvalue weighted by Crippen LogP contribution is 2.28. The maximum Gasteiger partial charge on any atom is 0.227 e. The van der Waals surface area contributed by atoms with Crippen LogP contribution in [0.2, 0.25) is 0 Å². The van der Waals surface area contributed by atoms with Crippen LogP contribution >= 0.6 is 11.3 Å². The normalized spacial score (nSPS) is 20.6. The van der Waals surface area contributed by atoms with Crippen LogP contribution in [0.3, 0.4) is 0 Å². The fourth-order valence-corrected chi connectivity index (χ4v) is 4.93. The molecule has 0 aliphatic carbocycles. The monoisotopic (exact) mass is 401 g/mol. The smallest absolute Gasteiger partial charge is 0.227 e. The van der Waals surface area contributed by atoms with Crippen LogP contribution in [0.25, 0.3) is 10.2 Å². The maximum absolute atomic E-state index is 13.0. The Bertz CT molecular complexity index is 846. The van der Waals surface area contributed by atoms with Crippen molar-refractivity contribution in [1.82, 2.24) is 19.8 Å². The van der Waals surface area contributed by atoms with Crippen molar-refractivity contribution < 1.29 is 9.59 Å². The van der Waals surface area contributed by atoms with Gasteiger partial charge in [0.2, 0.25) is 11.8 Å². The molecule has 2 fully saturated rings. The minimum Gasteiger partial charge on any atom is -0.352 e. The number of fused-ring (bicyclic) bond motifs is 1. The van der Waals surface area contributed by atoms with Gasteiger partial charge in [-0.2, -0.15) is 0 Å². The topological polar surface area (TPSA) is 69.6 Å². The molecule has 2 aliphatic rings. The molecule has 0 saturated carbocycles. The fourth-order valence-electron chi connectivity index (χ4n) is 4.20. The Morgan fingerprint density at radius 3 is 2.75 bits per heavy atom. The zero-order valence-corrected chi connectivity index (χ0v) is 17.2. The Balaban J connectivity index is 1.36.